The monoisotopic (exact) mass is 365 g/mol. The molecule has 4 rings (SSSR count). The molecule has 2 amide bonds. The molecule has 3 N–H and O–H groups in total. The van der Waals surface area contributed by atoms with Crippen molar-refractivity contribution in [3.8, 4) is 11.5 Å². The van der Waals surface area contributed by atoms with Crippen LogP contribution in [-0.2, 0) is 11.2 Å². The third-order valence-corrected chi connectivity index (χ3v) is 4.48. The number of fused-ring (bicyclic) bond motifs is 2. The van der Waals surface area contributed by atoms with Gasteiger partial charge in [0.1, 0.15) is 0 Å². The van der Waals surface area contributed by atoms with Crippen molar-refractivity contribution >= 4 is 22.7 Å². The van der Waals surface area contributed by atoms with Crippen molar-refractivity contribution in [3.05, 3.63) is 59.8 Å². The number of hydrogen-bond donors (Lipinski definition) is 3. The lowest BCUT2D eigenvalue weighted by Crippen LogP contribution is -2.41. The molecule has 2 aromatic carbocycles. The average Bonchev–Trinajstić information content (AvgIpc) is 3.32. The van der Waals surface area contributed by atoms with Gasteiger partial charge >= 0.3 is 0 Å². The van der Waals surface area contributed by atoms with Crippen molar-refractivity contribution < 1.29 is 19.1 Å². The number of rotatable bonds is 5. The molecule has 0 saturated heterocycles. The molecule has 27 heavy (non-hydrogen) atoms. The van der Waals surface area contributed by atoms with Crippen LogP contribution in [0.25, 0.3) is 10.9 Å². The van der Waals surface area contributed by atoms with Gasteiger partial charge in [-0.25, -0.2) is 0 Å². The van der Waals surface area contributed by atoms with Crippen molar-refractivity contribution in [1.82, 2.24) is 15.8 Å². The molecule has 138 valence electrons. The summed E-state index contributed by atoms with van der Waals surface area (Å²) >= 11 is 0. The summed E-state index contributed by atoms with van der Waals surface area (Å²) < 4.78 is 10.4. The van der Waals surface area contributed by atoms with Gasteiger partial charge in [-0.3, -0.25) is 20.4 Å². The summed E-state index contributed by atoms with van der Waals surface area (Å²) in [4.78, 5) is 27.3. The molecular weight excluding hydrogens is 346 g/mol. The van der Waals surface area contributed by atoms with Gasteiger partial charge in [-0.05, 0) is 42.7 Å². The van der Waals surface area contributed by atoms with Crippen molar-refractivity contribution in [2.45, 2.75) is 19.3 Å². The van der Waals surface area contributed by atoms with E-state index >= 15 is 0 Å². The standard InChI is InChI=1S/C20H19N3O4/c24-19(7-3-4-14-11-21-16-6-2-1-5-15(14)16)22-23-20(25)13-8-9-17-18(10-13)27-12-26-17/h1-2,5-6,8-11,21H,3-4,7,12H2,(H,22,24)(H,23,25). The summed E-state index contributed by atoms with van der Waals surface area (Å²) in [6.45, 7) is 0.146. The second-order valence-corrected chi connectivity index (χ2v) is 6.28. The van der Waals surface area contributed by atoms with Crippen molar-refractivity contribution in [1.29, 1.82) is 0 Å². The Morgan fingerprint density at radius 1 is 1.04 bits per heavy atom. The van der Waals surface area contributed by atoms with Crippen molar-refractivity contribution in [2.75, 3.05) is 6.79 Å². The predicted molar refractivity (Wildman–Crippen MR) is 99.4 cm³/mol. The number of H-pyrrole nitrogens is 1. The molecule has 0 unspecified atom stereocenters. The number of carbonyl (C=O) groups excluding carboxylic acids is 2. The number of carbonyl (C=O) groups is 2. The van der Waals surface area contributed by atoms with E-state index in [1.807, 2.05) is 24.4 Å². The number of aromatic nitrogens is 1. The van der Waals surface area contributed by atoms with Crippen LogP contribution in [0.3, 0.4) is 0 Å². The Labute approximate surface area is 155 Å². The molecule has 1 aliphatic heterocycles. The van der Waals surface area contributed by atoms with Gasteiger partial charge in [-0.2, -0.15) is 0 Å². The van der Waals surface area contributed by atoms with Crippen LogP contribution in [0.5, 0.6) is 11.5 Å². The van der Waals surface area contributed by atoms with E-state index in [4.69, 9.17) is 9.47 Å². The Morgan fingerprint density at radius 3 is 2.81 bits per heavy atom. The Kier molecular flexibility index (Phi) is 4.65. The molecular formula is C20H19N3O4. The highest BCUT2D eigenvalue weighted by Crippen LogP contribution is 2.32. The van der Waals surface area contributed by atoms with Crippen molar-refractivity contribution in [2.24, 2.45) is 0 Å². The van der Waals surface area contributed by atoms with E-state index < -0.39 is 5.91 Å². The van der Waals surface area contributed by atoms with E-state index in [1.165, 1.54) is 10.9 Å². The smallest absolute Gasteiger partial charge is 0.269 e. The van der Waals surface area contributed by atoms with Gasteiger partial charge in [-0.15, -0.1) is 0 Å². The van der Waals surface area contributed by atoms with E-state index in [2.05, 4.69) is 21.9 Å². The number of aromatic amines is 1. The molecule has 0 saturated carbocycles. The topological polar surface area (TPSA) is 92.5 Å². The molecule has 0 bridgehead atoms. The first kappa shape index (κ1) is 17.0. The molecule has 7 heteroatoms. The Balaban J connectivity index is 1.24. The van der Waals surface area contributed by atoms with Gasteiger partial charge in [0.2, 0.25) is 12.7 Å². The van der Waals surface area contributed by atoms with Gasteiger partial charge < -0.3 is 14.5 Å². The van der Waals surface area contributed by atoms with Crippen LogP contribution in [0, 0.1) is 0 Å². The maximum atomic E-state index is 12.1. The number of amides is 2. The van der Waals surface area contributed by atoms with E-state index in [0.29, 0.717) is 29.9 Å². The molecule has 0 radical (unpaired) electrons. The SMILES string of the molecule is O=C(CCCc1c[nH]c2ccccc12)NNC(=O)c1ccc2c(c1)OCO2. The highest BCUT2D eigenvalue weighted by molar-refractivity contribution is 5.96. The summed E-state index contributed by atoms with van der Waals surface area (Å²) in [5, 5.41) is 1.18. The lowest BCUT2D eigenvalue weighted by atomic mass is 10.1. The van der Waals surface area contributed by atoms with Gasteiger partial charge in [0.15, 0.2) is 11.5 Å². The second kappa shape index (κ2) is 7.41. The molecule has 2 heterocycles. The minimum atomic E-state index is -0.404. The normalized spacial score (nSPS) is 12.1. The molecule has 0 aliphatic carbocycles. The van der Waals surface area contributed by atoms with E-state index in [1.54, 1.807) is 18.2 Å². The number of hydrazine groups is 1. The summed E-state index contributed by atoms with van der Waals surface area (Å²) in [6.07, 6.45) is 3.77. The fraction of sp³-hybridized carbons (Fsp3) is 0.200. The number of benzene rings is 2. The van der Waals surface area contributed by atoms with Crippen LogP contribution < -0.4 is 20.3 Å². The maximum absolute atomic E-state index is 12.1. The fourth-order valence-electron chi connectivity index (χ4n) is 3.08. The molecule has 0 atom stereocenters. The van der Waals surface area contributed by atoms with Gasteiger partial charge in [0, 0.05) is 29.1 Å². The fourth-order valence-corrected chi connectivity index (χ4v) is 3.08. The zero-order chi connectivity index (χ0) is 18.6. The Bertz CT molecular complexity index is 996. The van der Waals surface area contributed by atoms with Gasteiger partial charge in [0.05, 0.1) is 0 Å². The highest BCUT2D eigenvalue weighted by Gasteiger charge is 2.16. The van der Waals surface area contributed by atoms with Crippen LogP contribution in [0.15, 0.2) is 48.7 Å². The van der Waals surface area contributed by atoms with Gasteiger partial charge in [0.25, 0.3) is 5.91 Å². The first-order chi connectivity index (χ1) is 13.2. The molecule has 3 aromatic rings. The average molecular weight is 365 g/mol. The van der Waals surface area contributed by atoms with Crippen LogP contribution in [0.4, 0.5) is 0 Å². The van der Waals surface area contributed by atoms with E-state index in [-0.39, 0.29) is 12.7 Å². The number of ether oxygens (including phenoxy) is 2. The second-order valence-electron chi connectivity index (χ2n) is 6.28. The van der Waals surface area contributed by atoms with Crippen LogP contribution in [0.2, 0.25) is 0 Å². The quantitative estimate of drug-likeness (QED) is 0.606. The lowest BCUT2D eigenvalue weighted by Gasteiger charge is -2.08. The summed E-state index contributed by atoms with van der Waals surface area (Å²) in [5.41, 5.74) is 7.53. The number of nitrogens with one attached hydrogen (secondary N) is 3. The zero-order valence-corrected chi connectivity index (χ0v) is 14.6. The first-order valence-corrected chi connectivity index (χ1v) is 8.74. The molecule has 0 spiro atoms. The zero-order valence-electron chi connectivity index (χ0n) is 14.6. The molecule has 0 fully saturated rings. The molecule has 7 nitrogen and oxygen atoms in total. The van der Waals surface area contributed by atoms with Crippen LogP contribution in [-0.4, -0.2) is 23.6 Å². The van der Waals surface area contributed by atoms with Crippen molar-refractivity contribution in [3.63, 3.8) is 0 Å². The van der Waals surface area contributed by atoms with Gasteiger partial charge in [-0.1, -0.05) is 18.2 Å². The lowest BCUT2D eigenvalue weighted by molar-refractivity contribution is -0.121. The summed E-state index contributed by atoms with van der Waals surface area (Å²) in [7, 11) is 0. The van der Waals surface area contributed by atoms with E-state index in [0.717, 1.165) is 11.9 Å². The van der Waals surface area contributed by atoms with Crippen LogP contribution in [0.1, 0.15) is 28.8 Å². The minimum Gasteiger partial charge on any atom is -0.454 e. The summed E-state index contributed by atoms with van der Waals surface area (Å²) in [6, 6.07) is 12.9. The Hall–Kier alpha value is -3.48. The third-order valence-electron chi connectivity index (χ3n) is 4.48. The maximum Gasteiger partial charge on any atom is 0.269 e. The molecule has 1 aliphatic rings. The third kappa shape index (κ3) is 3.72. The Morgan fingerprint density at radius 2 is 1.89 bits per heavy atom. The first-order valence-electron chi connectivity index (χ1n) is 8.74. The van der Waals surface area contributed by atoms with E-state index in [9.17, 15) is 9.59 Å². The number of hydrogen-bond acceptors (Lipinski definition) is 4. The van der Waals surface area contributed by atoms with Crippen LogP contribution >= 0.6 is 0 Å². The molecule has 1 aromatic heterocycles. The minimum absolute atomic E-state index is 0.146. The predicted octanol–water partition coefficient (Wildman–Crippen LogP) is 2.68. The number of para-hydroxylation sites is 1. The number of aryl methyl sites for hydroxylation is 1. The summed E-state index contributed by atoms with van der Waals surface area (Å²) in [5.74, 6) is 0.489. The highest BCUT2D eigenvalue weighted by atomic mass is 16.7. The largest absolute Gasteiger partial charge is 0.454 e.